The van der Waals surface area contributed by atoms with Gasteiger partial charge in [0.15, 0.2) is 0 Å². The number of hydrogen-bond donors (Lipinski definition) is 1. The Morgan fingerprint density at radius 2 is 1.81 bits per heavy atom. The van der Waals surface area contributed by atoms with Gasteiger partial charge >= 0.3 is 6.09 Å². The molecule has 0 aromatic rings. The first kappa shape index (κ1) is 12.9. The molecule has 16 heavy (non-hydrogen) atoms. The monoisotopic (exact) mass is 223 g/mol. The van der Waals surface area contributed by atoms with Crippen molar-refractivity contribution in [1.29, 1.82) is 0 Å². The predicted molar refractivity (Wildman–Crippen MR) is 64.2 cm³/mol. The van der Waals surface area contributed by atoms with E-state index < -0.39 is 6.09 Å². The highest BCUT2D eigenvalue weighted by Gasteiger charge is 2.35. The third-order valence-corrected chi connectivity index (χ3v) is 3.23. The van der Waals surface area contributed by atoms with Crippen LogP contribution in [0.3, 0.4) is 0 Å². The molecule has 90 valence electrons. The Bertz CT molecular complexity index is 290. The summed E-state index contributed by atoms with van der Waals surface area (Å²) >= 11 is 0. The van der Waals surface area contributed by atoms with Crippen LogP contribution < -0.4 is 0 Å². The number of amides is 1. The van der Waals surface area contributed by atoms with E-state index in [9.17, 15) is 9.90 Å². The van der Waals surface area contributed by atoms with E-state index in [0.29, 0.717) is 5.92 Å². The summed E-state index contributed by atoms with van der Waals surface area (Å²) in [6.07, 6.45) is 8.23. The van der Waals surface area contributed by atoms with Crippen molar-refractivity contribution in [3.05, 3.63) is 0 Å². The van der Waals surface area contributed by atoms with Crippen molar-refractivity contribution in [1.82, 2.24) is 4.90 Å². The van der Waals surface area contributed by atoms with E-state index in [-0.39, 0.29) is 11.6 Å². The average Bonchev–Trinajstić information content (AvgIpc) is 2.16. The molecule has 0 aromatic carbocycles. The van der Waals surface area contributed by atoms with E-state index in [2.05, 4.69) is 5.92 Å². The van der Waals surface area contributed by atoms with Gasteiger partial charge in [0.1, 0.15) is 0 Å². The summed E-state index contributed by atoms with van der Waals surface area (Å²) in [5, 5.41) is 9.27. The number of carbonyl (C=O) groups is 1. The lowest BCUT2D eigenvalue weighted by atomic mass is 9.84. The zero-order valence-corrected chi connectivity index (χ0v) is 10.4. The minimum atomic E-state index is -0.823. The molecule has 0 bridgehead atoms. The van der Waals surface area contributed by atoms with Gasteiger partial charge in [-0.25, -0.2) is 4.79 Å². The van der Waals surface area contributed by atoms with Crippen LogP contribution >= 0.6 is 0 Å². The maximum atomic E-state index is 11.3. The highest BCUT2D eigenvalue weighted by molar-refractivity contribution is 5.66. The van der Waals surface area contributed by atoms with Gasteiger partial charge in [0.25, 0.3) is 0 Å². The average molecular weight is 223 g/mol. The molecule has 0 unspecified atom stereocenters. The highest BCUT2D eigenvalue weighted by atomic mass is 16.4. The van der Waals surface area contributed by atoms with Crippen molar-refractivity contribution in [2.45, 2.75) is 58.0 Å². The normalized spacial score (nSPS) is 25.9. The predicted octanol–water partition coefficient (Wildman–Crippen LogP) is 2.96. The molecule has 1 rings (SSSR count). The Morgan fingerprint density at radius 3 is 2.12 bits per heavy atom. The summed E-state index contributed by atoms with van der Waals surface area (Å²) in [5.41, 5.74) is -0.334. The number of carboxylic acid groups (broad SMARTS) is 1. The van der Waals surface area contributed by atoms with Crippen LogP contribution in [0.5, 0.6) is 0 Å². The van der Waals surface area contributed by atoms with E-state index in [0.717, 1.165) is 25.7 Å². The molecule has 0 radical (unpaired) electrons. The summed E-state index contributed by atoms with van der Waals surface area (Å²) in [6, 6.07) is 0.127. The quantitative estimate of drug-likeness (QED) is 0.694. The van der Waals surface area contributed by atoms with E-state index in [1.165, 1.54) is 0 Å². The van der Waals surface area contributed by atoms with Crippen LogP contribution in [-0.2, 0) is 0 Å². The molecule has 0 heterocycles. The Hall–Kier alpha value is -1.17. The van der Waals surface area contributed by atoms with Crippen LogP contribution in [0.25, 0.3) is 0 Å². The molecule has 0 aliphatic heterocycles. The number of terminal acetylenes is 1. The van der Waals surface area contributed by atoms with Gasteiger partial charge in [-0.05, 0) is 46.5 Å². The second-order valence-electron chi connectivity index (χ2n) is 5.50. The van der Waals surface area contributed by atoms with Gasteiger partial charge in [-0.15, -0.1) is 12.3 Å². The molecule has 3 nitrogen and oxygen atoms in total. The van der Waals surface area contributed by atoms with E-state index in [4.69, 9.17) is 6.42 Å². The topological polar surface area (TPSA) is 40.5 Å². The smallest absolute Gasteiger partial charge is 0.407 e. The Balaban J connectivity index is 2.69. The van der Waals surface area contributed by atoms with Gasteiger partial charge in [-0.1, -0.05) is 0 Å². The van der Waals surface area contributed by atoms with Crippen LogP contribution in [0, 0.1) is 18.3 Å². The van der Waals surface area contributed by atoms with Crippen LogP contribution in [0.2, 0.25) is 0 Å². The SMILES string of the molecule is C#CC1CCC(N(C(=O)O)C(C)(C)C)CC1. The van der Waals surface area contributed by atoms with Crippen LogP contribution in [0.1, 0.15) is 46.5 Å². The first-order valence-corrected chi connectivity index (χ1v) is 5.84. The van der Waals surface area contributed by atoms with Gasteiger partial charge in [0, 0.05) is 17.5 Å². The minimum absolute atomic E-state index is 0.127. The summed E-state index contributed by atoms with van der Waals surface area (Å²) < 4.78 is 0. The summed E-state index contributed by atoms with van der Waals surface area (Å²) in [6.45, 7) is 5.82. The van der Waals surface area contributed by atoms with Crippen molar-refractivity contribution in [3.63, 3.8) is 0 Å². The lowest BCUT2D eigenvalue weighted by Gasteiger charge is -2.42. The molecular weight excluding hydrogens is 202 g/mol. The summed E-state index contributed by atoms with van der Waals surface area (Å²) in [5.74, 6) is 3.11. The first-order valence-electron chi connectivity index (χ1n) is 5.84. The molecular formula is C13H21NO2. The molecule has 1 amide bonds. The highest BCUT2D eigenvalue weighted by Crippen LogP contribution is 2.30. The first-order chi connectivity index (χ1) is 7.36. The standard InChI is InChI=1S/C13H21NO2/c1-5-10-6-8-11(9-7-10)14(12(15)16)13(2,3)4/h1,10-11H,6-9H2,2-4H3,(H,15,16). The van der Waals surface area contributed by atoms with Gasteiger partial charge in [-0.2, -0.15) is 0 Å². The van der Waals surface area contributed by atoms with Crippen molar-refractivity contribution >= 4 is 6.09 Å². The molecule has 3 heteroatoms. The second-order valence-corrected chi connectivity index (χ2v) is 5.50. The van der Waals surface area contributed by atoms with Crippen LogP contribution in [0.15, 0.2) is 0 Å². The molecule has 1 aliphatic rings. The molecule has 1 fully saturated rings. The van der Waals surface area contributed by atoms with Crippen molar-refractivity contribution in [2.75, 3.05) is 0 Å². The van der Waals surface area contributed by atoms with Crippen molar-refractivity contribution in [2.24, 2.45) is 5.92 Å². The fourth-order valence-electron chi connectivity index (χ4n) is 2.49. The number of nitrogens with zero attached hydrogens (tertiary/aromatic N) is 1. The summed E-state index contributed by atoms with van der Waals surface area (Å²) in [4.78, 5) is 12.9. The molecule has 0 aromatic heterocycles. The zero-order valence-electron chi connectivity index (χ0n) is 10.4. The lowest BCUT2D eigenvalue weighted by Crippen LogP contribution is -2.52. The van der Waals surface area contributed by atoms with E-state index >= 15 is 0 Å². The largest absolute Gasteiger partial charge is 0.465 e. The maximum Gasteiger partial charge on any atom is 0.407 e. The maximum absolute atomic E-state index is 11.3. The number of hydrogen-bond acceptors (Lipinski definition) is 1. The van der Waals surface area contributed by atoms with E-state index in [1.807, 2.05) is 20.8 Å². The van der Waals surface area contributed by atoms with Crippen molar-refractivity contribution < 1.29 is 9.90 Å². The Labute approximate surface area is 97.8 Å². The molecule has 0 saturated heterocycles. The Morgan fingerprint density at radius 1 is 1.31 bits per heavy atom. The fourth-order valence-corrected chi connectivity index (χ4v) is 2.49. The molecule has 1 N–H and O–H groups in total. The lowest BCUT2D eigenvalue weighted by molar-refractivity contribution is 0.0536. The zero-order chi connectivity index (χ0) is 12.3. The molecule has 0 atom stereocenters. The second kappa shape index (κ2) is 4.78. The van der Waals surface area contributed by atoms with Crippen LogP contribution in [0.4, 0.5) is 4.79 Å². The Kier molecular flexibility index (Phi) is 3.85. The van der Waals surface area contributed by atoms with E-state index in [1.54, 1.807) is 4.90 Å². The summed E-state index contributed by atoms with van der Waals surface area (Å²) in [7, 11) is 0. The van der Waals surface area contributed by atoms with Crippen LogP contribution in [-0.4, -0.2) is 27.7 Å². The molecule has 1 saturated carbocycles. The molecule has 1 aliphatic carbocycles. The van der Waals surface area contributed by atoms with Gasteiger partial charge in [0.2, 0.25) is 0 Å². The molecule has 0 spiro atoms. The number of rotatable bonds is 1. The van der Waals surface area contributed by atoms with Gasteiger partial charge in [0.05, 0.1) is 0 Å². The third kappa shape index (κ3) is 2.91. The fraction of sp³-hybridized carbons (Fsp3) is 0.769. The van der Waals surface area contributed by atoms with Gasteiger partial charge < -0.3 is 10.0 Å². The minimum Gasteiger partial charge on any atom is -0.465 e. The van der Waals surface area contributed by atoms with Gasteiger partial charge in [-0.3, -0.25) is 0 Å². The van der Waals surface area contributed by atoms with Crippen molar-refractivity contribution in [3.8, 4) is 12.3 Å². The third-order valence-electron chi connectivity index (χ3n) is 3.23.